The Morgan fingerprint density at radius 1 is 0.838 bits per heavy atom. The summed E-state index contributed by atoms with van der Waals surface area (Å²) in [6.07, 6.45) is -8.93. The van der Waals surface area contributed by atoms with Gasteiger partial charge in [-0.2, -0.15) is 0 Å². The van der Waals surface area contributed by atoms with E-state index < -0.39 is 41.9 Å². The van der Waals surface area contributed by atoms with Crippen molar-refractivity contribution in [3.8, 4) is 34.3 Å². The van der Waals surface area contributed by atoms with Crippen molar-refractivity contribution in [2.75, 3.05) is 28.4 Å². The molecule has 0 radical (unpaired) electrons. The van der Waals surface area contributed by atoms with Gasteiger partial charge >= 0.3 is 5.97 Å². The molecule has 0 spiro atoms. The van der Waals surface area contributed by atoms with Crippen LogP contribution >= 0.6 is 0 Å². The van der Waals surface area contributed by atoms with Gasteiger partial charge in [-0.1, -0.05) is 0 Å². The number of methoxy groups -OCH3 is 4. The Kier molecular flexibility index (Phi) is 7.28. The maximum Gasteiger partial charge on any atom is 0.335 e. The van der Waals surface area contributed by atoms with Crippen LogP contribution in [0.25, 0.3) is 22.3 Å². The highest BCUT2D eigenvalue weighted by atomic mass is 16.6. The van der Waals surface area contributed by atoms with Crippen molar-refractivity contribution in [1.82, 2.24) is 0 Å². The first-order valence-electron chi connectivity index (χ1n) is 11.0. The summed E-state index contributed by atoms with van der Waals surface area (Å²) in [4.78, 5) is 24.9. The topological polar surface area (TPSA) is 174 Å². The van der Waals surface area contributed by atoms with Gasteiger partial charge in [0.25, 0.3) is 0 Å². The summed E-state index contributed by atoms with van der Waals surface area (Å²) >= 11 is 0. The predicted molar refractivity (Wildman–Crippen MR) is 127 cm³/mol. The van der Waals surface area contributed by atoms with E-state index in [1.54, 1.807) is 18.2 Å². The number of aliphatic hydroxyl groups excluding tert-OH is 3. The minimum atomic E-state index is -1.89. The first kappa shape index (κ1) is 26.2. The van der Waals surface area contributed by atoms with Gasteiger partial charge in [0.2, 0.25) is 0 Å². The highest BCUT2D eigenvalue weighted by Crippen LogP contribution is 2.45. The van der Waals surface area contributed by atoms with Crippen LogP contribution in [0.3, 0.4) is 0 Å². The van der Waals surface area contributed by atoms with Crippen molar-refractivity contribution in [2.45, 2.75) is 30.5 Å². The maximum absolute atomic E-state index is 13.3. The van der Waals surface area contributed by atoms with E-state index >= 15 is 0 Å². The van der Waals surface area contributed by atoms with E-state index in [-0.39, 0.29) is 33.8 Å². The van der Waals surface area contributed by atoms with Gasteiger partial charge in [0, 0.05) is 17.7 Å². The molecular weight excluding hydrogens is 492 g/mol. The lowest BCUT2D eigenvalue weighted by Gasteiger charge is -2.39. The summed E-state index contributed by atoms with van der Waals surface area (Å²) < 4.78 is 33.0. The summed E-state index contributed by atoms with van der Waals surface area (Å²) in [5.74, 6) is -0.534. The second-order valence-electron chi connectivity index (χ2n) is 8.23. The highest BCUT2D eigenvalue weighted by Gasteiger charge is 2.49. The molecule has 1 saturated heterocycles. The van der Waals surface area contributed by atoms with Crippen LogP contribution in [0, 0.1) is 0 Å². The number of aliphatic carboxylic acids is 1. The summed E-state index contributed by atoms with van der Waals surface area (Å²) in [6.45, 7) is 0. The molecule has 4 N–H and O–H groups in total. The zero-order valence-corrected chi connectivity index (χ0v) is 20.3. The van der Waals surface area contributed by atoms with Crippen LogP contribution in [0.4, 0.5) is 0 Å². The molecule has 0 aliphatic carbocycles. The molecule has 4 rings (SSSR count). The number of rotatable bonds is 7. The summed E-state index contributed by atoms with van der Waals surface area (Å²) in [5, 5.41) is 40.4. The fourth-order valence-electron chi connectivity index (χ4n) is 4.38. The first-order chi connectivity index (χ1) is 17.7. The maximum atomic E-state index is 13.3. The minimum Gasteiger partial charge on any atom is -0.496 e. The number of benzene rings is 2. The molecule has 12 nitrogen and oxygen atoms in total. The third-order valence-corrected chi connectivity index (χ3v) is 6.21. The Labute approximate surface area is 210 Å². The van der Waals surface area contributed by atoms with E-state index in [2.05, 4.69) is 0 Å². The number of aliphatic hydroxyl groups is 3. The largest absolute Gasteiger partial charge is 0.496 e. The Hall–Kier alpha value is -3.84. The lowest BCUT2D eigenvalue weighted by atomic mass is 9.89. The van der Waals surface area contributed by atoms with Gasteiger partial charge in [-0.15, -0.1) is 0 Å². The van der Waals surface area contributed by atoms with Gasteiger partial charge in [-0.05, 0) is 18.2 Å². The van der Waals surface area contributed by atoms with Gasteiger partial charge in [0.15, 0.2) is 23.0 Å². The minimum absolute atomic E-state index is 0.0220. The third-order valence-electron chi connectivity index (χ3n) is 6.21. The van der Waals surface area contributed by atoms with Crippen molar-refractivity contribution < 1.29 is 53.3 Å². The highest BCUT2D eigenvalue weighted by molar-refractivity contribution is 5.89. The summed E-state index contributed by atoms with van der Waals surface area (Å²) in [7, 11) is 5.53. The monoisotopic (exact) mass is 518 g/mol. The number of fused-ring (bicyclic) bond motifs is 1. The average Bonchev–Trinajstić information content (AvgIpc) is 2.90. The third kappa shape index (κ3) is 4.44. The van der Waals surface area contributed by atoms with E-state index in [1.807, 2.05) is 0 Å². The van der Waals surface area contributed by atoms with Crippen LogP contribution in [0.5, 0.6) is 23.0 Å². The van der Waals surface area contributed by atoms with Crippen molar-refractivity contribution in [2.24, 2.45) is 0 Å². The zero-order valence-electron chi connectivity index (χ0n) is 20.3. The van der Waals surface area contributed by atoms with E-state index in [0.717, 1.165) is 0 Å². The predicted octanol–water partition coefficient (Wildman–Crippen LogP) is 1.10. The van der Waals surface area contributed by atoms with Crippen molar-refractivity contribution in [3.63, 3.8) is 0 Å². The molecule has 1 aromatic heterocycles. The van der Waals surface area contributed by atoms with E-state index in [1.165, 1.54) is 40.6 Å². The van der Waals surface area contributed by atoms with Crippen LogP contribution < -0.4 is 24.4 Å². The Morgan fingerprint density at radius 2 is 1.51 bits per heavy atom. The molecule has 2 heterocycles. The van der Waals surface area contributed by atoms with Crippen LogP contribution in [-0.2, 0) is 9.53 Å². The van der Waals surface area contributed by atoms with Gasteiger partial charge in [0.1, 0.15) is 52.6 Å². The second-order valence-corrected chi connectivity index (χ2v) is 8.23. The molecule has 3 aromatic rings. The Bertz CT molecular complexity index is 1380. The van der Waals surface area contributed by atoms with Crippen LogP contribution in [-0.4, -0.2) is 79.3 Å². The SMILES string of the molecule is COc1ccc(-c2cc(=O)c3c(OC)c(C4OC(C(=O)O)C(O)C(O)C4O)c(OC)cc3o2)cc1OC. The molecular formula is C25H26O12. The Balaban J connectivity index is 1.92. The van der Waals surface area contributed by atoms with Gasteiger partial charge in [-0.3, -0.25) is 4.79 Å². The fraction of sp³-hybridized carbons (Fsp3) is 0.360. The molecule has 2 aromatic carbocycles. The Morgan fingerprint density at radius 3 is 2.11 bits per heavy atom. The van der Waals surface area contributed by atoms with E-state index in [4.69, 9.17) is 28.1 Å². The lowest BCUT2D eigenvalue weighted by molar-refractivity contribution is -0.230. The van der Waals surface area contributed by atoms with Crippen molar-refractivity contribution >= 4 is 16.9 Å². The molecule has 5 atom stereocenters. The number of carboxylic acid groups (broad SMARTS) is 1. The summed E-state index contributed by atoms with van der Waals surface area (Å²) in [6, 6.07) is 7.57. The second kappa shape index (κ2) is 10.3. The number of ether oxygens (including phenoxy) is 5. The molecule has 198 valence electrons. The molecule has 12 heteroatoms. The van der Waals surface area contributed by atoms with Gasteiger partial charge in [0.05, 0.1) is 34.0 Å². The van der Waals surface area contributed by atoms with Crippen LogP contribution in [0.2, 0.25) is 0 Å². The smallest absolute Gasteiger partial charge is 0.335 e. The van der Waals surface area contributed by atoms with E-state index in [0.29, 0.717) is 17.1 Å². The molecule has 1 aliphatic heterocycles. The zero-order chi connectivity index (χ0) is 27.0. The molecule has 5 unspecified atom stereocenters. The molecule has 1 aliphatic rings. The lowest BCUT2D eigenvalue weighted by Crippen LogP contribution is -2.56. The van der Waals surface area contributed by atoms with E-state index in [9.17, 15) is 30.0 Å². The first-order valence-corrected chi connectivity index (χ1v) is 11.0. The standard InChI is InChI=1S/C25H26O12/c1-32-12-6-5-10(7-14(12)33-2)13-8-11(26)17-16(36-13)9-15(34-3)18(22(17)35-4)23-20(28)19(27)21(29)24(37-23)25(30)31/h5-9,19-21,23-24,27-29H,1-4H3,(H,30,31). The summed E-state index contributed by atoms with van der Waals surface area (Å²) in [5.41, 5.74) is 0.0299. The molecule has 37 heavy (non-hydrogen) atoms. The van der Waals surface area contributed by atoms with Gasteiger partial charge in [-0.25, -0.2) is 4.79 Å². The quantitative estimate of drug-likeness (QED) is 0.351. The number of carboxylic acids is 1. The molecule has 0 saturated carbocycles. The number of hydrogen-bond acceptors (Lipinski definition) is 11. The van der Waals surface area contributed by atoms with Crippen molar-refractivity contribution in [1.29, 1.82) is 0 Å². The van der Waals surface area contributed by atoms with Crippen LogP contribution in [0.1, 0.15) is 11.7 Å². The van der Waals surface area contributed by atoms with Crippen molar-refractivity contribution in [3.05, 3.63) is 46.1 Å². The fourth-order valence-corrected chi connectivity index (χ4v) is 4.38. The number of hydrogen-bond donors (Lipinski definition) is 4. The number of carbonyl (C=O) groups is 1. The molecule has 1 fully saturated rings. The van der Waals surface area contributed by atoms with Crippen LogP contribution in [0.15, 0.2) is 39.5 Å². The average molecular weight is 518 g/mol. The normalized spacial score (nSPS) is 23.5. The molecule has 0 amide bonds. The molecule has 0 bridgehead atoms. The van der Waals surface area contributed by atoms with Gasteiger partial charge < -0.3 is 48.5 Å².